The second kappa shape index (κ2) is 6.90. The van der Waals surface area contributed by atoms with E-state index in [4.69, 9.17) is 0 Å². The zero-order valence-corrected chi connectivity index (χ0v) is 13.8. The number of rotatable bonds is 5. The number of nitrogens with one attached hydrogen (secondary N) is 1. The molecule has 19 heavy (non-hydrogen) atoms. The first-order valence-corrected chi connectivity index (χ1v) is 8.43. The molecule has 0 aromatic heterocycles. The summed E-state index contributed by atoms with van der Waals surface area (Å²) >= 11 is 3.76. The van der Waals surface area contributed by atoms with Gasteiger partial charge in [0.25, 0.3) is 0 Å². The minimum atomic E-state index is 0.335. The summed E-state index contributed by atoms with van der Waals surface area (Å²) in [6.07, 6.45) is 6.55. The van der Waals surface area contributed by atoms with Crippen molar-refractivity contribution in [2.24, 2.45) is 5.92 Å². The highest BCUT2D eigenvalue weighted by Gasteiger charge is 2.36. The van der Waals surface area contributed by atoms with Gasteiger partial charge in [-0.1, -0.05) is 48.0 Å². The second-order valence-electron chi connectivity index (χ2n) is 6.12. The summed E-state index contributed by atoms with van der Waals surface area (Å²) in [5, 5.41) is 3.67. The first-order valence-electron chi connectivity index (χ1n) is 7.64. The van der Waals surface area contributed by atoms with Crippen molar-refractivity contribution < 1.29 is 0 Å². The zero-order chi connectivity index (χ0) is 13.7. The van der Waals surface area contributed by atoms with E-state index in [0.29, 0.717) is 5.41 Å². The van der Waals surface area contributed by atoms with Crippen LogP contribution in [0.5, 0.6) is 0 Å². The molecule has 1 aliphatic carbocycles. The van der Waals surface area contributed by atoms with Crippen LogP contribution in [-0.4, -0.2) is 13.1 Å². The third kappa shape index (κ3) is 3.61. The van der Waals surface area contributed by atoms with Crippen molar-refractivity contribution in [3.05, 3.63) is 34.3 Å². The SMILES string of the molecule is CCCNCC1(c2ccccc2Br)CCC(C)CC1. The van der Waals surface area contributed by atoms with Crippen LogP contribution < -0.4 is 5.32 Å². The van der Waals surface area contributed by atoms with Crippen molar-refractivity contribution in [3.63, 3.8) is 0 Å². The third-order valence-electron chi connectivity index (χ3n) is 4.57. The highest BCUT2D eigenvalue weighted by molar-refractivity contribution is 9.10. The van der Waals surface area contributed by atoms with Crippen LogP contribution in [0.3, 0.4) is 0 Å². The lowest BCUT2D eigenvalue weighted by Crippen LogP contribution is -2.41. The fraction of sp³-hybridized carbons (Fsp3) is 0.647. The Kier molecular flexibility index (Phi) is 5.47. The molecule has 0 aliphatic heterocycles. The first-order chi connectivity index (χ1) is 9.18. The quantitative estimate of drug-likeness (QED) is 0.760. The maximum absolute atomic E-state index is 3.76. The van der Waals surface area contributed by atoms with Gasteiger partial charge in [-0.25, -0.2) is 0 Å². The molecule has 2 rings (SSSR count). The fourth-order valence-corrected chi connectivity index (χ4v) is 3.96. The van der Waals surface area contributed by atoms with Crippen LogP contribution in [0.4, 0.5) is 0 Å². The molecule has 1 nitrogen and oxygen atoms in total. The Morgan fingerprint density at radius 2 is 1.95 bits per heavy atom. The van der Waals surface area contributed by atoms with Gasteiger partial charge in [0, 0.05) is 16.4 Å². The number of benzene rings is 1. The average Bonchev–Trinajstić information content (AvgIpc) is 2.42. The molecule has 1 aliphatic rings. The summed E-state index contributed by atoms with van der Waals surface area (Å²) in [5.74, 6) is 0.891. The minimum absolute atomic E-state index is 0.335. The van der Waals surface area contributed by atoms with Gasteiger partial charge >= 0.3 is 0 Å². The van der Waals surface area contributed by atoms with Crippen LogP contribution in [0.25, 0.3) is 0 Å². The van der Waals surface area contributed by atoms with Crippen molar-refractivity contribution in [1.29, 1.82) is 0 Å². The Morgan fingerprint density at radius 1 is 1.26 bits per heavy atom. The largest absolute Gasteiger partial charge is 0.316 e. The van der Waals surface area contributed by atoms with Crippen LogP contribution in [0, 0.1) is 5.92 Å². The Labute approximate surface area is 126 Å². The molecule has 1 aromatic carbocycles. The molecule has 1 fully saturated rings. The van der Waals surface area contributed by atoms with Crippen molar-refractivity contribution in [2.75, 3.05) is 13.1 Å². The number of halogens is 1. The van der Waals surface area contributed by atoms with E-state index in [9.17, 15) is 0 Å². The average molecular weight is 324 g/mol. The van der Waals surface area contributed by atoms with E-state index in [2.05, 4.69) is 59.4 Å². The molecule has 0 saturated heterocycles. The lowest BCUT2D eigenvalue weighted by Gasteiger charge is -2.41. The van der Waals surface area contributed by atoms with Crippen LogP contribution >= 0.6 is 15.9 Å². The fourth-order valence-electron chi connectivity index (χ4n) is 3.25. The molecule has 0 radical (unpaired) electrons. The van der Waals surface area contributed by atoms with E-state index in [0.717, 1.165) is 19.0 Å². The molecule has 1 aromatic rings. The molecular formula is C17H26BrN. The van der Waals surface area contributed by atoms with Crippen LogP contribution in [0.15, 0.2) is 28.7 Å². The van der Waals surface area contributed by atoms with Crippen molar-refractivity contribution in [3.8, 4) is 0 Å². The summed E-state index contributed by atoms with van der Waals surface area (Å²) in [5.41, 5.74) is 1.84. The summed E-state index contributed by atoms with van der Waals surface area (Å²) in [6, 6.07) is 8.80. The monoisotopic (exact) mass is 323 g/mol. The Bertz CT molecular complexity index is 394. The lowest BCUT2D eigenvalue weighted by atomic mass is 9.67. The van der Waals surface area contributed by atoms with Crippen molar-refractivity contribution >= 4 is 15.9 Å². The first kappa shape index (κ1) is 15.1. The molecule has 0 amide bonds. The topological polar surface area (TPSA) is 12.0 Å². The van der Waals surface area contributed by atoms with Gasteiger partial charge in [-0.05, 0) is 56.2 Å². The van der Waals surface area contributed by atoms with Gasteiger partial charge in [-0.3, -0.25) is 0 Å². The van der Waals surface area contributed by atoms with E-state index in [1.54, 1.807) is 0 Å². The van der Waals surface area contributed by atoms with Gasteiger partial charge < -0.3 is 5.32 Å². The molecule has 0 spiro atoms. The predicted octanol–water partition coefficient (Wildman–Crippen LogP) is 4.90. The Hall–Kier alpha value is -0.340. The van der Waals surface area contributed by atoms with Gasteiger partial charge in [0.1, 0.15) is 0 Å². The van der Waals surface area contributed by atoms with Crippen LogP contribution in [-0.2, 0) is 5.41 Å². The van der Waals surface area contributed by atoms with Gasteiger partial charge in [-0.15, -0.1) is 0 Å². The summed E-state index contributed by atoms with van der Waals surface area (Å²) in [6.45, 7) is 6.88. The van der Waals surface area contributed by atoms with E-state index >= 15 is 0 Å². The standard InChI is InChI=1S/C17H26BrN/c1-3-12-19-13-17(10-8-14(2)9-11-17)15-6-4-5-7-16(15)18/h4-7,14,19H,3,8-13H2,1-2H3. The second-order valence-corrected chi connectivity index (χ2v) is 6.97. The van der Waals surface area contributed by atoms with Gasteiger partial charge in [0.15, 0.2) is 0 Å². The molecule has 2 heteroatoms. The predicted molar refractivity (Wildman–Crippen MR) is 86.6 cm³/mol. The minimum Gasteiger partial charge on any atom is -0.316 e. The molecular weight excluding hydrogens is 298 g/mol. The normalized spacial score (nSPS) is 27.4. The van der Waals surface area contributed by atoms with Gasteiger partial charge in [0.05, 0.1) is 0 Å². The van der Waals surface area contributed by atoms with Gasteiger partial charge in [0.2, 0.25) is 0 Å². The van der Waals surface area contributed by atoms with E-state index in [1.807, 2.05) is 0 Å². The van der Waals surface area contributed by atoms with Crippen LogP contribution in [0.1, 0.15) is 51.5 Å². The molecule has 0 bridgehead atoms. The van der Waals surface area contributed by atoms with Gasteiger partial charge in [-0.2, -0.15) is 0 Å². The summed E-state index contributed by atoms with van der Waals surface area (Å²) < 4.78 is 1.28. The zero-order valence-electron chi connectivity index (χ0n) is 12.2. The molecule has 1 saturated carbocycles. The maximum Gasteiger partial charge on any atom is 0.0213 e. The summed E-state index contributed by atoms with van der Waals surface area (Å²) in [7, 11) is 0. The number of hydrogen-bond acceptors (Lipinski definition) is 1. The highest BCUT2D eigenvalue weighted by atomic mass is 79.9. The Morgan fingerprint density at radius 3 is 2.58 bits per heavy atom. The smallest absolute Gasteiger partial charge is 0.0213 e. The van der Waals surface area contributed by atoms with Crippen molar-refractivity contribution in [2.45, 2.75) is 51.4 Å². The van der Waals surface area contributed by atoms with E-state index in [-0.39, 0.29) is 0 Å². The highest BCUT2D eigenvalue weighted by Crippen LogP contribution is 2.43. The molecule has 0 unspecified atom stereocenters. The number of hydrogen-bond donors (Lipinski definition) is 1. The summed E-state index contributed by atoms with van der Waals surface area (Å²) in [4.78, 5) is 0. The van der Waals surface area contributed by atoms with E-state index in [1.165, 1.54) is 42.1 Å². The van der Waals surface area contributed by atoms with E-state index < -0.39 is 0 Å². The molecule has 0 heterocycles. The molecule has 106 valence electrons. The lowest BCUT2D eigenvalue weighted by molar-refractivity contribution is 0.233. The third-order valence-corrected chi connectivity index (χ3v) is 5.26. The maximum atomic E-state index is 3.76. The Balaban J connectivity index is 2.21. The molecule has 0 atom stereocenters. The molecule has 1 N–H and O–H groups in total. The van der Waals surface area contributed by atoms with Crippen LogP contribution in [0.2, 0.25) is 0 Å². The van der Waals surface area contributed by atoms with Crippen molar-refractivity contribution in [1.82, 2.24) is 5.32 Å².